The van der Waals surface area contributed by atoms with Crippen molar-refractivity contribution in [3.63, 3.8) is 0 Å². The summed E-state index contributed by atoms with van der Waals surface area (Å²) in [5, 5.41) is 7.92. The fraction of sp³-hybridized carbons (Fsp3) is 0.875. The number of halogens is 3. The highest BCUT2D eigenvalue weighted by Crippen LogP contribution is 2.40. The molecule has 5 nitrogen and oxygen atoms in total. The number of aliphatic imine (C=N–C) groups is 1. The second-order valence-electron chi connectivity index (χ2n) is 6.78. The van der Waals surface area contributed by atoms with E-state index in [0.29, 0.717) is 12.0 Å². The fourth-order valence-electron chi connectivity index (χ4n) is 3.82. The molecule has 2 saturated carbocycles. The van der Waals surface area contributed by atoms with Gasteiger partial charge in [0.1, 0.15) is 6.54 Å². The van der Waals surface area contributed by atoms with Crippen molar-refractivity contribution in [2.75, 3.05) is 20.1 Å². The van der Waals surface area contributed by atoms with Crippen LogP contribution in [0.25, 0.3) is 0 Å². The summed E-state index contributed by atoms with van der Waals surface area (Å²) in [5.41, 5.74) is 0. The molecule has 2 aliphatic rings. The number of carbonyl (C=O) groups excluding carboxylic acids is 1. The van der Waals surface area contributed by atoms with Gasteiger partial charge in [-0.1, -0.05) is 25.7 Å². The van der Waals surface area contributed by atoms with E-state index >= 15 is 0 Å². The first kappa shape index (κ1) is 18.9. The predicted octanol–water partition coefficient (Wildman–Crippen LogP) is 2.19. The normalized spacial score (nSPS) is 28.0. The first-order valence-corrected chi connectivity index (χ1v) is 8.68. The average molecular weight is 348 g/mol. The van der Waals surface area contributed by atoms with E-state index in [2.05, 4.69) is 15.6 Å². The molecule has 1 amide bonds. The Balaban J connectivity index is 1.71. The quantitative estimate of drug-likeness (QED) is 0.539. The molecule has 0 saturated heterocycles. The SMILES string of the molecule is CN=C(NCC(=O)NCC(F)(F)F)NC1CCC2CCCCC2C1. The standard InChI is InChI=1S/C16H27F3N4O/c1-20-15(21-9-14(24)22-10-16(17,18)19)23-13-7-6-11-4-2-3-5-12(11)8-13/h11-13H,2-10H2,1H3,(H,22,24)(H2,20,21,23). The molecule has 8 heteroatoms. The highest BCUT2D eigenvalue weighted by molar-refractivity contribution is 5.86. The van der Waals surface area contributed by atoms with Gasteiger partial charge in [0.15, 0.2) is 5.96 Å². The van der Waals surface area contributed by atoms with Crippen molar-refractivity contribution in [2.24, 2.45) is 16.8 Å². The van der Waals surface area contributed by atoms with Crippen molar-refractivity contribution in [2.45, 2.75) is 57.2 Å². The zero-order valence-electron chi connectivity index (χ0n) is 14.1. The van der Waals surface area contributed by atoms with Crippen LogP contribution in [-0.2, 0) is 4.79 Å². The Morgan fingerprint density at radius 1 is 1.08 bits per heavy atom. The molecule has 2 aliphatic carbocycles. The average Bonchev–Trinajstić information content (AvgIpc) is 2.56. The summed E-state index contributed by atoms with van der Waals surface area (Å²) in [6, 6.07) is 0.314. The van der Waals surface area contributed by atoms with Gasteiger partial charge in [-0.2, -0.15) is 13.2 Å². The van der Waals surface area contributed by atoms with Crippen molar-refractivity contribution in [3.05, 3.63) is 0 Å². The zero-order valence-corrected chi connectivity index (χ0v) is 14.1. The topological polar surface area (TPSA) is 65.5 Å². The molecule has 24 heavy (non-hydrogen) atoms. The van der Waals surface area contributed by atoms with Crippen LogP contribution in [0.1, 0.15) is 44.9 Å². The number of guanidine groups is 1. The second kappa shape index (κ2) is 8.58. The first-order chi connectivity index (χ1) is 11.4. The molecule has 0 aromatic rings. The summed E-state index contributed by atoms with van der Waals surface area (Å²) in [5.74, 6) is 1.38. The van der Waals surface area contributed by atoms with E-state index in [0.717, 1.165) is 24.7 Å². The maximum Gasteiger partial charge on any atom is 0.405 e. The summed E-state index contributed by atoms with van der Waals surface area (Å²) in [6.45, 7) is -1.54. The number of fused-ring (bicyclic) bond motifs is 1. The molecule has 2 fully saturated rings. The van der Waals surface area contributed by atoms with Crippen molar-refractivity contribution in [1.29, 1.82) is 0 Å². The van der Waals surface area contributed by atoms with Gasteiger partial charge in [0.2, 0.25) is 5.91 Å². The lowest BCUT2D eigenvalue weighted by molar-refractivity contribution is -0.137. The maximum absolute atomic E-state index is 12.1. The third-order valence-corrected chi connectivity index (χ3v) is 5.01. The van der Waals surface area contributed by atoms with Crippen molar-refractivity contribution < 1.29 is 18.0 Å². The van der Waals surface area contributed by atoms with Gasteiger partial charge >= 0.3 is 6.18 Å². The molecule has 0 aliphatic heterocycles. The first-order valence-electron chi connectivity index (χ1n) is 8.68. The molecule has 0 spiro atoms. The molecule has 0 aromatic heterocycles. The van der Waals surface area contributed by atoms with Crippen molar-refractivity contribution in [1.82, 2.24) is 16.0 Å². The Kier molecular flexibility index (Phi) is 6.74. The molecule has 3 unspecified atom stereocenters. The third-order valence-electron chi connectivity index (χ3n) is 5.01. The number of hydrogen-bond donors (Lipinski definition) is 3. The van der Waals surface area contributed by atoms with Crippen LogP contribution >= 0.6 is 0 Å². The van der Waals surface area contributed by atoms with Gasteiger partial charge in [-0.25, -0.2) is 0 Å². The Morgan fingerprint density at radius 3 is 2.46 bits per heavy atom. The Bertz CT molecular complexity index is 453. The van der Waals surface area contributed by atoms with Crippen LogP contribution in [0.4, 0.5) is 13.2 Å². The van der Waals surface area contributed by atoms with E-state index in [1.165, 1.54) is 32.1 Å². The summed E-state index contributed by atoms with van der Waals surface area (Å²) >= 11 is 0. The summed E-state index contributed by atoms with van der Waals surface area (Å²) < 4.78 is 36.2. The minimum absolute atomic E-state index is 0.228. The van der Waals surface area contributed by atoms with Crippen LogP contribution in [0, 0.1) is 11.8 Å². The van der Waals surface area contributed by atoms with E-state index in [9.17, 15) is 18.0 Å². The molecular formula is C16H27F3N4O. The van der Waals surface area contributed by atoms with E-state index in [4.69, 9.17) is 0 Å². The monoisotopic (exact) mass is 348 g/mol. The van der Waals surface area contributed by atoms with Gasteiger partial charge in [-0.3, -0.25) is 9.79 Å². The number of alkyl halides is 3. The smallest absolute Gasteiger partial charge is 0.354 e. The second-order valence-corrected chi connectivity index (χ2v) is 6.78. The molecule has 0 radical (unpaired) electrons. The molecule has 2 rings (SSSR count). The molecule has 0 aromatic carbocycles. The molecule has 138 valence electrons. The van der Waals surface area contributed by atoms with Crippen LogP contribution in [-0.4, -0.2) is 44.2 Å². The van der Waals surface area contributed by atoms with E-state index in [1.54, 1.807) is 7.05 Å². The lowest BCUT2D eigenvalue weighted by Gasteiger charge is -2.39. The number of rotatable bonds is 4. The summed E-state index contributed by atoms with van der Waals surface area (Å²) in [7, 11) is 1.59. The predicted molar refractivity (Wildman–Crippen MR) is 86.6 cm³/mol. The largest absolute Gasteiger partial charge is 0.405 e. The van der Waals surface area contributed by atoms with E-state index in [1.807, 2.05) is 5.32 Å². The minimum atomic E-state index is -4.39. The molecule has 0 bridgehead atoms. The number of nitrogens with zero attached hydrogens (tertiary/aromatic N) is 1. The summed E-state index contributed by atoms with van der Waals surface area (Å²) in [6.07, 6.45) is 4.27. The number of nitrogens with one attached hydrogen (secondary N) is 3. The van der Waals surface area contributed by atoms with Gasteiger partial charge < -0.3 is 16.0 Å². The Hall–Kier alpha value is -1.47. The van der Waals surface area contributed by atoms with Gasteiger partial charge in [0.25, 0.3) is 0 Å². The van der Waals surface area contributed by atoms with Crippen molar-refractivity contribution >= 4 is 11.9 Å². The zero-order chi connectivity index (χ0) is 17.6. The number of amides is 1. The van der Waals surface area contributed by atoms with E-state index < -0.39 is 18.6 Å². The highest BCUT2D eigenvalue weighted by atomic mass is 19.4. The molecule has 3 atom stereocenters. The van der Waals surface area contributed by atoms with Gasteiger partial charge in [-0.15, -0.1) is 0 Å². The fourth-order valence-corrected chi connectivity index (χ4v) is 3.82. The molecule has 0 heterocycles. The van der Waals surface area contributed by atoms with Crippen LogP contribution < -0.4 is 16.0 Å². The van der Waals surface area contributed by atoms with E-state index in [-0.39, 0.29) is 6.54 Å². The Labute approximate surface area is 140 Å². The van der Waals surface area contributed by atoms with Crippen LogP contribution in [0.15, 0.2) is 4.99 Å². The maximum atomic E-state index is 12.1. The van der Waals surface area contributed by atoms with Gasteiger partial charge in [-0.05, 0) is 31.1 Å². The van der Waals surface area contributed by atoms with Crippen LogP contribution in [0.3, 0.4) is 0 Å². The molecule has 3 N–H and O–H groups in total. The number of carbonyl (C=O) groups is 1. The third kappa shape index (κ3) is 6.20. The minimum Gasteiger partial charge on any atom is -0.354 e. The van der Waals surface area contributed by atoms with Gasteiger partial charge in [0.05, 0.1) is 6.54 Å². The lowest BCUT2D eigenvalue weighted by atomic mass is 9.69. The number of hydrogen-bond acceptors (Lipinski definition) is 2. The van der Waals surface area contributed by atoms with Crippen LogP contribution in [0.5, 0.6) is 0 Å². The van der Waals surface area contributed by atoms with Gasteiger partial charge in [0, 0.05) is 13.1 Å². The molecular weight excluding hydrogens is 321 g/mol. The Morgan fingerprint density at radius 2 is 1.79 bits per heavy atom. The highest BCUT2D eigenvalue weighted by Gasteiger charge is 2.32. The van der Waals surface area contributed by atoms with Crippen LogP contribution in [0.2, 0.25) is 0 Å². The summed E-state index contributed by atoms with van der Waals surface area (Å²) in [4.78, 5) is 15.5. The lowest BCUT2D eigenvalue weighted by Crippen LogP contribution is -2.49. The van der Waals surface area contributed by atoms with Crippen molar-refractivity contribution in [3.8, 4) is 0 Å².